The first kappa shape index (κ1) is 27.9. The van der Waals surface area contributed by atoms with E-state index in [1.807, 2.05) is 13.0 Å². The standard InChI is InChI=1S/C24H38N6O5S/c1-16-9-11-30(20(13-16)24(32)35-3)23(31)19(7-5-10-26-15-28-25)29-36(33,34)21-8-4-6-18-12-17(2)14-27-22(18)21/h4,6,8,15-17,19-20,27,29H,5,7,9-14,25H2,1-3H3,(H,26,28)/t16-,17?,19?,20-/m1/s1. The van der Waals surface area contributed by atoms with E-state index in [0.717, 1.165) is 18.4 Å². The largest absolute Gasteiger partial charge is 0.467 e. The number of benzene rings is 1. The van der Waals surface area contributed by atoms with Gasteiger partial charge in [-0.2, -0.15) is 4.72 Å². The minimum absolute atomic E-state index is 0.117. The molecule has 1 aromatic rings. The van der Waals surface area contributed by atoms with E-state index >= 15 is 0 Å². The molecule has 1 aromatic carbocycles. The fourth-order valence-corrected chi connectivity index (χ4v) is 6.30. The lowest BCUT2D eigenvalue weighted by Crippen LogP contribution is -2.56. The van der Waals surface area contributed by atoms with Crippen molar-refractivity contribution < 1.29 is 22.7 Å². The highest BCUT2D eigenvalue weighted by Gasteiger charge is 2.39. The van der Waals surface area contributed by atoms with Crippen molar-refractivity contribution >= 4 is 33.9 Å². The molecular formula is C24H38N6O5S. The number of aliphatic imine (C=N–C) groups is 1. The van der Waals surface area contributed by atoms with Crippen molar-refractivity contribution in [1.82, 2.24) is 15.0 Å². The van der Waals surface area contributed by atoms with Gasteiger partial charge in [-0.05, 0) is 55.6 Å². The molecule has 1 amide bonds. The highest BCUT2D eigenvalue weighted by atomic mass is 32.2. The van der Waals surface area contributed by atoms with Crippen molar-refractivity contribution in [3.63, 3.8) is 0 Å². The maximum absolute atomic E-state index is 13.7. The molecule has 0 spiro atoms. The number of nitrogens with two attached hydrogens (primary N) is 1. The van der Waals surface area contributed by atoms with Crippen LogP contribution < -0.4 is 21.3 Å². The molecule has 2 unspecified atom stereocenters. The molecule has 0 radical (unpaired) electrons. The van der Waals surface area contributed by atoms with Crippen molar-refractivity contribution in [1.29, 1.82) is 0 Å². The van der Waals surface area contributed by atoms with Crippen molar-refractivity contribution in [3.8, 4) is 0 Å². The summed E-state index contributed by atoms with van der Waals surface area (Å²) in [5, 5.41) is 3.24. The van der Waals surface area contributed by atoms with E-state index < -0.39 is 34.0 Å². The van der Waals surface area contributed by atoms with Crippen LogP contribution in [0.3, 0.4) is 0 Å². The number of nitrogens with zero attached hydrogens (tertiary/aromatic N) is 2. The van der Waals surface area contributed by atoms with Crippen LogP contribution in [-0.2, 0) is 30.8 Å². The number of hydrogen-bond donors (Lipinski definition) is 4. The maximum Gasteiger partial charge on any atom is 0.328 e. The van der Waals surface area contributed by atoms with Crippen LogP contribution in [0, 0.1) is 11.8 Å². The van der Waals surface area contributed by atoms with Gasteiger partial charge in [-0.3, -0.25) is 9.79 Å². The number of carbonyl (C=O) groups excluding carboxylic acids is 2. The molecule has 11 nitrogen and oxygen atoms in total. The van der Waals surface area contributed by atoms with E-state index in [-0.39, 0.29) is 17.2 Å². The van der Waals surface area contributed by atoms with Gasteiger partial charge >= 0.3 is 5.97 Å². The molecule has 200 valence electrons. The monoisotopic (exact) mass is 522 g/mol. The molecule has 0 bridgehead atoms. The number of likely N-dealkylation sites (tertiary alicyclic amines) is 1. The van der Waals surface area contributed by atoms with E-state index in [9.17, 15) is 18.0 Å². The first-order valence-electron chi connectivity index (χ1n) is 12.4. The van der Waals surface area contributed by atoms with Crippen LogP contribution in [0.15, 0.2) is 28.1 Å². The molecule has 36 heavy (non-hydrogen) atoms. The van der Waals surface area contributed by atoms with Crippen molar-refractivity contribution in [2.75, 3.05) is 32.1 Å². The number of esters is 1. The zero-order valence-electron chi connectivity index (χ0n) is 21.2. The predicted molar refractivity (Wildman–Crippen MR) is 138 cm³/mol. The minimum Gasteiger partial charge on any atom is -0.467 e. The molecule has 0 aliphatic carbocycles. The first-order valence-corrected chi connectivity index (χ1v) is 13.9. The quantitative estimate of drug-likeness (QED) is 0.0886. The van der Waals surface area contributed by atoms with Crippen molar-refractivity contribution in [2.45, 2.75) is 62.9 Å². The maximum atomic E-state index is 13.7. The van der Waals surface area contributed by atoms with Gasteiger partial charge in [0, 0.05) is 19.6 Å². The lowest BCUT2D eigenvalue weighted by molar-refractivity contribution is -0.156. The molecule has 5 N–H and O–H groups in total. The van der Waals surface area contributed by atoms with Crippen LogP contribution in [0.1, 0.15) is 45.1 Å². The molecule has 12 heteroatoms. The number of sulfonamides is 1. The number of anilines is 1. The molecule has 1 fully saturated rings. The molecular weight excluding hydrogens is 484 g/mol. The summed E-state index contributed by atoms with van der Waals surface area (Å²) in [6.07, 6.45) is 3.95. The Labute approximate surface area is 213 Å². The summed E-state index contributed by atoms with van der Waals surface area (Å²) in [4.78, 5) is 31.8. The third-order valence-corrected chi connectivity index (χ3v) is 8.27. The average molecular weight is 523 g/mol. The molecule has 0 aromatic heterocycles. The molecule has 1 saturated heterocycles. The summed E-state index contributed by atoms with van der Waals surface area (Å²) < 4.78 is 34.7. The van der Waals surface area contributed by atoms with Crippen LogP contribution >= 0.6 is 0 Å². The summed E-state index contributed by atoms with van der Waals surface area (Å²) >= 11 is 0. The second-order valence-corrected chi connectivity index (χ2v) is 11.4. The summed E-state index contributed by atoms with van der Waals surface area (Å²) in [7, 11) is -2.76. The van der Waals surface area contributed by atoms with E-state index in [1.165, 1.54) is 18.3 Å². The third kappa shape index (κ3) is 6.74. The Hall–Kier alpha value is -2.70. The summed E-state index contributed by atoms with van der Waals surface area (Å²) in [6.45, 7) is 5.50. The minimum atomic E-state index is -4.05. The number of amides is 1. The van der Waals surface area contributed by atoms with Crippen molar-refractivity contribution in [3.05, 3.63) is 23.8 Å². The zero-order chi connectivity index (χ0) is 26.3. The highest BCUT2D eigenvalue weighted by Crippen LogP contribution is 2.32. The van der Waals surface area contributed by atoms with Crippen LogP contribution in [0.5, 0.6) is 0 Å². The number of methoxy groups -OCH3 is 1. The van der Waals surface area contributed by atoms with Gasteiger partial charge in [-0.25, -0.2) is 19.1 Å². The SMILES string of the molecule is COC(=O)[C@H]1C[C@H](C)CCN1C(=O)C(CCCN=CNN)NS(=O)(=O)c1cccc2c1NCC(C)C2. The second-order valence-electron chi connectivity index (χ2n) is 9.70. The van der Waals surface area contributed by atoms with Gasteiger partial charge in [-0.15, -0.1) is 0 Å². The molecule has 2 aliphatic heterocycles. The normalized spacial score (nSPS) is 23.0. The Morgan fingerprint density at radius 3 is 2.83 bits per heavy atom. The number of carbonyl (C=O) groups is 2. The third-order valence-electron chi connectivity index (χ3n) is 6.76. The molecule has 2 heterocycles. The Balaban J connectivity index is 1.88. The van der Waals surface area contributed by atoms with E-state index in [2.05, 4.69) is 27.4 Å². The number of nitrogens with one attached hydrogen (secondary N) is 3. The Kier molecular flexibility index (Phi) is 9.69. The van der Waals surface area contributed by atoms with Gasteiger partial charge < -0.3 is 20.4 Å². The number of ether oxygens (including phenoxy) is 1. The smallest absolute Gasteiger partial charge is 0.328 e. The van der Waals surface area contributed by atoms with Crippen LogP contribution in [0.2, 0.25) is 0 Å². The van der Waals surface area contributed by atoms with Gasteiger partial charge in [0.15, 0.2) is 0 Å². The lowest BCUT2D eigenvalue weighted by atomic mass is 9.91. The lowest BCUT2D eigenvalue weighted by Gasteiger charge is -2.38. The predicted octanol–water partition coefficient (Wildman–Crippen LogP) is 1.01. The topological polar surface area (TPSA) is 155 Å². The number of para-hydroxylation sites is 1. The number of hydrogen-bond acceptors (Lipinski definition) is 8. The van der Waals surface area contributed by atoms with E-state index in [4.69, 9.17) is 10.6 Å². The fraction of sp³-hybridized carbons (Fsp3) is 0.625. The zero-order valence-corrected chi connectivity index (χ0v) is 22.0. The van der Waals surface area contributed by atoms with E-state index in [1.54, 1.807) is 12.1 Å². The Morgan fingerprint density at radius 2 is 2.11 bits per heavy atom. The Morgan fingerprint density at radius 1 is 1.33 bits per heavy atom. The van der Waals surface area contributed by atoms with Gasteiger partial charge in [0.05, 0.1) is 19.1 Å². The number of rotatable bonds is 10. The average Bonchev–Trinajstić information content (AvgIpc) is 2.86. The van der Waals surface area contributed by atoms with Gasteiger partial charge in [0.25, 0.3) is 0 Å². The van der Waals surface area contributed by atoms with Crippen LogP contribution in [-0.4, -0.2) is 70.4 Å². The first-order chi connectivity index (χ1) is 17.2. The summed E-state index contributed by atoms with van der Waals surface area (Å²) in [6, 6.07) is 3.37. The van der Waals surface area contributed by atoms with Crippen molar-refractivity contribution in [2.24, 2.45) is 22.7 Å². The van der Waals surface area contributed by atoms with Crippen LogP contribution in [0.25, 0.3) is 0 Å². The Bertz CT molecular complexity index is 1060. The van der Waals surface area contributed by atoms with Gasteiger partial charge in [0.2, 0.25) is 15.9 Å². The molecule has 2 aliphatic rings. The number of piperidine rings is 1. The molecule has 4 atom stereocenters. The van der Waals surface area contributed by atoms with E-state index in [0.29, 0.717) is 44.1 Å². The second kappa shape index (κ2) is 12.5. The van der Waals surface area contributed by atoms with Gasteiger partial charge in [0.1, 0.15) is 17.0 Å². The van der Waals surface area contributed by atoms with Gasteiger partial charge in [-0.1, -0.05) is 26.0 Å². The highest BCUT2D eigenvalue weighted by molar-refractivity contribution is 7.89. The molecule has 3 rings (SSSR count). The number of fused-ring (bicyclic) bond motifs is 1. The molecule has 0 saturated carbocycles. The number of hydrazine groups is 1. The fourth-order valence-electron chi connectivity index (χ4n) is 4.85. The summed E-state index contributed by atoms with van der Waals surface area (Å²) in [5.74, 6) is 4.90. The summed E-state index contributed by atoms with van der Waals surface area (Å²) in [5.41, 5.74) is 3.82. The van der Waals surface area contributed by atoms with Crippen LogP contribution in [0.4, 0.5) is 5.69 Å².